The molecule has 6 heteroatoms. The van der Waals surface area contributed by atoms with Crippen LogP contribution >= 0.6 is 0 Å². The second-order valence-electron chi connectivity index (χ2n) is 4.18. The van der Waals surface area contributed by atoms with Gasteiger partial charge in [0.05, 0.1) is 13.2 Å². The molecular weight excluding hydrogens is 222 g/mol. The zero-order valence-electron chi connectivity index (χ0n) is 10.5. The van der Waals surface area contributed by atoms with Crippen LogP contribution in [0, 0.1) is 0 Å². The molecule has 0 aromatic heterocycles. The maximum Gasteiger partial charge on any atom is 0.409 e. The van der Waals surface area contributed by atoms with Gasteiger partial charge >= 0.3 is 6.09 Å². The average Bonchev–Trinajstić information content (AvgIpc) is 2.37. The van der Waals surface area contributed by atoms with Crippen molar-refractivity contribution in [3.63, 3.8) is 0 Å². The van der Waals surface area contributed by atoms with Crippen molar-refractivity contribution < 1.29 is 14.3 Å². The van der Waals surface area contributed by atoms with Crippen LogP contribution in [0.2, 0.25) is 0 Å². The van der Waals surface area contributed by atoms with Crippen LogP contribution in [0.4, 0.5) is 4.79 Å². The van der Waals surface area contributed by atoms with Crippen molar-refractivity contribution in [3.05, 3.63) is 0 Å². The normalized spacial score (nSPS) is 17.8. The van der Waals surface area contributed by atoms with Crippen LogP contribution in [0.5, 0.6) is 0 Å². The van der Waals surface area contributed by atoms with Crippen LogP contribution in [0.3, 0.4) is 0 Å². The quantitative estimate of drug-likeness (QED) is 0.758. The van der Waals surface area contributed by atoms with E-state index in [1.165, 1.54) is 7.11 Å². The Morgan fingerprint density at radius 2 is 1.76 bits per heavy atom. The molecule has 2 N–H and O–H groups in total. The number of piperazine rings is 1. The summed E-state index contributed by atoms with van der Waals surface area (Å²) in [4.78, 5) is 26.5. The molecule has 0 spiro atoms. The summed E-state index contributed by atoms with van der Waals surface area (Å²) in [5, 5.41) is 0. The molecule has 98 valence electrons. The van der Waals surface area contributed by atoms with Crippen molar-refractivity contribution in [1.29, 1.82) is 0 Å². The summed E-state index contributed by atoms with van der Waals surface area (Å²) in [7, 11) is 1.36. The highest BCUT2D eigenvalue weighted by Gasteiger charge is 2.26. The summed E-state index contributed by atoms with van der Waals surface area (Å²) >= 11 is 0. The zero-order chi connectivity index (χ0) is 12.8. The van der Waals surface area contributed by atoms with Gasteiger partial charge in [0, 0.05) is 26.2 Å². The van der Waals surface area contributed by atoms with E-state index in [-0.39, 0.29) is 12.0 Å². The Morgan fingerprint density at radius 3 is 2.24 bits per heavy atom. The fraction of sp³-hybridized carbons (Fsp3) is 0.818. The SMILES string of the molecule is CCCC(N)C(=O)N1CCN(C(=O)OC)CC1. The van der Waals surface area contributed by atoms with Crippen molar-refractivity contribution in [1.82, 2.24) is 9.80 Å². The molecule has 0 bridgehead atoms. The third kappa shape index (κ3) is 3.59. The third-order valence-corrected chi connectivity index (χ3v) is 2.94. The van der Waals surface area contributed by atoms with Crippen LogP contribution < -0.4 is 5.73 Å². The fourth-order valence-electron chi connectivity index (χ4n) is 1.91. The molecule has 17 heavy (non-hydrogen) atoms. The van der Waals surface area contributed by atoms with Gasteiger partial charge in [-0.3, -0.25) is 4.79 Å². The number of hydrogen-bond donors (Lipinski definition) is 1. The first-order chi connectivity index (χ1) is 8.10. The predicted octanol–water partition coefficient (Wildman–Crippen LogP) is 0.0244. The van der Waals surface area contributed by atoms with Crippen LogP contribution in [0.1, 0.15) is 19.8 Å². The summed E-state index contributed by atoms with van der Waals surface area (Å²) in [6, 6.07) is -0.412. The predicted molar refractivity (Wildman–Crippen MR) is 63.4 cm³/mol. The Hall–Kier alpha value is -1.30. The Morgan fingerprint density at radius 1 is 1.24 bits per heavy atom. The summed E-state index contributed by atoms with van der Waals surface area (Å²) < 4.78 is 4.63. The Labute approximate surface area is 102 Å². The van der Waals surface area contributed by atoms with Gasteiger partial charge in [-0.05, 0) is 6.42 Å². The molecule has 1 unspecified atom stereocenters. The number of ether oxygens (including phenoxy) is 1. The Kier molecular flexibility index (Phi) is 5.21. The molecular formula is C11H21N3O3. The molecule has 1 heterocycles. The molecule has 1 fully saturated rings. The maximum absolute atomic E-state index is 11.9. The van der Waals surface area contributed by atoms with Crippen LogP contribution in [-0.4, -0.2) is 61.1 Å². The topological polar surface area (TPSA) is 75.9 Å². The lowest BCUT2D eigenvalue weighted by atomic mass is 10.1. The molecule has 0 aromatic rings. The van der Waals surface area contributed by atoms with E-state index in [9.17, 15) is 9.59 Å². The summed E-state index contributed by atoms with van der Waals surface area (Å²) in [6.45, 7) is 4.09. The van der Waals surface area contributed by atoms with Gasteiger partial charge in [-0.2, -0.15) is 0 Å². The van der Waals surface area contributed by atoms with Crippen LogP contribution in [-0.2, 0) is 9.53 Å². The number of nitrogens with two attached hydrogens (primary N) is 1. The monoisotopic (exact) mass is 243 g/mol. The van der Waals surface area contributed by atoms with Crippen molar-refractivity contribution >= 4 is 12.0 Å². The lowest BCUT2D eigenvalue weighted by molar-refractivity contribution is -0.134. The minimum Gasteiger partial charge on any atom is -0.453 e. The molecule has 0 radical (unpaired) electrons. The van der Waals surface area contributed by atoms with Crippen LogP contribution in [0.25, 0.3) is 0 Å². The van der Waals surface area contributed by atoms with E-state index >= 15 is 0 Å². The molecule has 1 saturated heterocycles. The molecule has 6 nitrogen and oxygen atoms in total. The number of amides is 2. The van der Waals surface area contributed by atoms with Gasteiger partial charge in [0.15, 0.2) is 0 Å². The highest BCUT2D eigenvalue weighted by atomic mass is 16.5. The van der Waals surface area contributed by atoms with Crippen LogP contribution in [0.15, 0.2) is 0 Å². The van der Waals surface area contributed by atoms with Crippen molar-refractivity contribution in [2.24, 2.45) is 5.73 Å². The van der Waals surface area contributed by atoms with E-state index in [2.05, 4.69) is 4.74 Å². The molecule has 2 amide bonds. The first-order valence-electron chi connectivity index (χ1n) is 5.97. The second-order valence-corrected chi connectivity index (χ2v) is 4.18. The van der Waals surface area contributed by atoms with E-state index in [4.69, 9.17) is 5.73 Å². The number of carbonyl (C=O) groups is 2. The lowest BCUT2D eigenvalue weighted by Crippen LogP contribution is -2.54. The molecule has 1 atom stereocenters. The van der Waals surface area contributed by atoms with Gasteiger partial charge in [-0.25, -0.2) is 4.79 Å². The molecule has 1 aliphatic heterocycles. The summed E-state index contributed by atoms with van der Waals surface area (Å²) in [5.74, 6) is -0.0173. The third-order valence-electron chi connectivity index (χ3n) is 2.94. The smallest absolute Gasteiger partial charge is 0.409 e. The highest BCUT2D eigenvalue weighted by Crippen LogP contribution is 2.06. The van der Waals surface area contributed by atoms with Crippen molar-refractivity contribution in [3.8, 4) is 0 Å². The first-order valence-corrected chi connectivity index (χ1v) is 5.97. The highest BCUT2D eigenvalue weighted by molar-refractivity contribution is 5.82. The second kappa shape index (κ2) is 6.44. The van der Waals surface area contributed by atoms with E-state index < -0.39 is 6.04 Å². The summed E-state index contributed by atoms with van der Waals surface area (Å²) in [6.07, 6.45) is 1.26. The van der Waals surface area contributed by atoms with Gasteiger partial charge in [-0.15, -0.1) is 0 Å². The zero-order valence-corrected chi connectivity index (χ0v) is 10.5. The minimum absolute atomic E-state index is 0.0173. The average molecular weight is 243 g/mol. The number of carbonyl (C=O) groups excluding carboxylic acids is 2. The molecule has 0 aromatic carbocycles. The van der Waals surface area contributed by atoms with E-state index in [1.54, 1.807) is 9.80 Å². The Balaban J connectivity index is 2.41. The van der Waals surface area contributed by atoms with E-state index in [0.29, 0.717) is 32.6 Å². The lowest BCUT2D eigenvalue weighted by Gasteiger charge is -2.35. The van der Waals surface area contributed by atoms with Gasteiger partial charge in [0.1, 0.15) is 0 Å². The number of methoxy groups -OCH3 is 1. The standard InChI is InChI=1S/C11H21N3O3/c1-3-4-9(12)10(15)13-5-7-14(8-6-13)11(16)17-2/h9H,3-8,12H2,1-2H3. The van der Waals surface area contributed by atoms with Crippen molar-refractivity contribution in [2.75, 3.05) is 33.3 Å². The molecule has 1 rings (SSSR count). The summed E-state index contributed by atoms with van der Waals surface area (Å²) in [5.41, 5.74) is 5.78. The molecule has 1 aliphatic rings. The van der Waals surface area contributed by atoms with Gasteiger partial charge in [0.2, 0.25) is 5.91 Å². The van der Waals surface area contributed by atoms with E-state index in [1.807, 2.05) is 6.92 Å². The number of hydrogen-bond acceptors (Lipinski definition) is 4. The minimum atomic E-state index is -0.412. The molecule has 0 aliphatic carbocycles. The van der Waals surface area contributed by atoms with Gasteiger partial charge in [-0.1, -0.05) is 13.3 Å². The van der Waals surface area contributed by atoms with E-state index in [0.717, 1.165) is 6.42 Å². The Bertz CT molecular complexity index is 275. The van der Waals surface area contributed by atoms with Gasteiger partial charge < -0.3 is 20.3 Å². The van der Waals surface area contributed by atoms with Crippen molar-refractivity contribution in [2.45, 2.75) is 25.8 Å². The largest absolute Gasteiger partial charge is 0.453 e. The maximum atomic E-state index is 11.9. The fourth-order valence-corrected chi connectivity index (χ4v) is 1.91. The number of nitrogens with zero attached hydrogens (tertiary/aromatic N) is 2. The van der Waals surface area contributed by atoms with Gasteiger partial charge in [0.25, 0.3) is 0 Å². The molecule has 0 saturated carbocycles. The number of rotatable bonds is 3. The first kappa shape index (κ1) is 13.8.